The first-order valence-electron chi connectivity index (χ1n) is 9.56. The van der Waals surface area contributed by atoms with Gasteiger partial charge in [-0.3, -0.25) is 9.59 Å². The molecule has 2 unspecified atom stereocenters. The summed E-state index contributed by atoms with van der Waals surface area (Å²) in [6.07, 6.45) is 4.23. The van der Waals surface area contributed by atoms with Crippen molar-refractivity contribution in [1.82, 2.24) is 15.6 Å². The molecule has 2 amide bonds. The van der Waals surface area contributed by atoms with E-state index < -0.39 is 6.04 Å². The Morgan fingerprint density at radius 1 is 1.15 bits per heavy atom. The van der Waals surface area contributed by atoms with E-state index >= 15 is 0 Å². The van der Waals surface area contributed by atoms with Gasteiger partial charge in [0.05, 0.1) is 16.6 Å². The SMILES string of the molecule is CC(=O)NC(C(=O)NC(C)c1sc(-c2ccccc2)nc1C)C1CCCC1. The van der Waals surface area contributed by atoms with Crippen molar-refractivity contribution in [2.24, 2.45) is 5.92 Å². The molecule has 0 spiro atoms. The number of carbonyl (C=O) groups excluding carboxylic acids is 2. The first kappa shape index (κ1) is 19.5. The molecule has 0 bridgehead atoms. The molecule has 1 aromatic heterocycles. The summed E-state index contributed by atoms with van der Waals surface area (Å²) in [4.78, 5) is 30.2. The van der Waals surface area contributed by atoms with Gasteiger partial charge in [0.1, 0.15) is 11.0 Å². The Morgan fingerprint density at radius 2 is 1.81 bits per heavy atom. The fourth-order valence-corrected chi connectivity index (χ4v) is 4.86. The standard InChI is InChI=1S/C21H27N3O2S/c1-13(19-14(2)23-21(27-19)17-11-5-4-6-12-17)22-20(26)18(24-15(3)25)16-9-7-8-10-16/h4-6,11-13,16,18H,7-10H2,1-3H3,(H,22,26)(H,24,25). The summed E-state index contributed by atoms with van der Waals surface area (Å²) in [5, 5.41) is 6.92. The zero-order valence-electron chi connectivity index (χ0n) is 16.1. The molecule has 27 heavy (non-hydrogen) atoms. The molecule has 0 radical (unpaired) electrons. The smallest absolute Gasteiger partial charge is 0.243 e. The monoisotopic (exact) mass is 385 g/mol. The fraction of sp³-hybridized carbons (Fsp3) is 0.476. The zero-order valence-corrected chi connectivity index (χ0v) is 16.9. The van der Waals surface area contributed by atoms with Crippen molar-refractivity contribution >= 4 is 23.2 Å². The van der Waals surface area contributed by atoms with Crippen molar-refractivity contribution in [2.45, 2.75) is 58.5 Å². The number of benzene rings is 1. The predicted octanol–water partition coefficient (Wildman–Crippen LogP) is 3.99. The minimum Gasteiger partial charge on any atom is -0.347 e. The van der Waals surface area contributed by atoms with Gasteiger partial charge in [-0.25, -0.2) is 4.98 Å². The van der Waals surface area contributed by atoms with Crippen LogP contribution >= 0.6 is 11.3 Å². The van der Waals surface area contributed by atoms with Crippen LogP contribution in [0.1, 0.15) is 56.1 Å². The molecule has 1 saturated carbocycles. The van der Waals surface area contributed by atoms with Crippen LogP contribution < -0.4 is 10.6 Å². The van der Waals surface area contributed by atoms with E-state index in [2.05, 4.69) is 15.6 Å². The van der Waals surface area contributed by atoms with Crippen molar-refractivity contribution < 1.29 is 9.59 Å². The molecule has 1 aliphatic carbocycles. The lowest BCUT2D eigenvalue weighted by molar-refractivity contribution is -0.129. The molecule has 2 N–H and O–H groups in total. The number of thiazole rings is 1. The lowest BCUT2D eigenvalue weighted by Gasteiger charge is -2.25. The van der Waals surface area contributed by atoms with E-state index in [-0.39, 0.29) is 23.8 Å². The number of hydrogen-bond donors (Lipinski definition) is 2. The van der Waals surface area contributed by atoms with E-state index in [1.54, 1.807) is 11.3 Å². The van der Waals surface area contributed by atoms with Gasteiger partial charge in [-0.15, -0.1) is 11.3 Å². The van der Waals surface area contributed by atoms with Gasteiger partial charge < -0.3 is 10.6 Å². The van der Waals surface area contributed by atoms with E-state index in [0.717, 1.165) is 46.8 Å². The summed E-state index contributed by atoms with van der Waals surface area (Å²) in [6, 6.07) is 9.46. The van der Waals surface area contributed by atoms with Crippen LogP contribution in [0.3, 0.4) is 0 Å². The molecule has 2 aromatic rings. The second-order valence-corrected chi connectivity index (χ2v) is 8.32. The molecular weight excluding hydrogens is 358 g/mol. The molecule has 2 atom stereocenters. The van der Waals surface area contributed by atoms with Crippen LogP contribution in [0.4, 0.5) is 0 Å². The third kappa shape index (κ3) is 4.75. The Kier molecular flexibility index (Phi) is 6.26. The number of rotatable bonds is 6. The molecule has 1 aromatic carbocycles. The Bertz CT molecular complexity index is 797. The number of nitrogens with one attached hydrogen (secondary N) is 2. The van der Waals surface area contributed by atoms with Crippen molar-refractivity contribution in [2.75, 3.05) is 0 Å². The molecule has 0 saturated heterocycles. The zero-order chi connectivity index (χ0) is 19.4. The summed E-state index contributed by atoms with van der Waals surface area (Å²) in [5.74, 6) is -0.0303. The maximum absolute atomic E-state index is 12.9. The van der Waals surface area contributed by atoms with Gasteiger partial charge in [-0.1, -0.05) is 43.2 Å². The van der Waals surface area contributed by atoms with Crippen molar-refractivity contribution in [1.29, 1.82) is 0 Å². The molecule has 1 aliphatic rings. The van der Waals surface area contributed by atoms with Gasteiger partial charge in [-0.05, 0) is 32.6 Å². The summed E-state index contributed by atoms with van der Waals surface area (Å²) < 4.78 is 0. The number of carbonyl (C=O) groups is 2. The molecule has 0 aliphatic heterocycles. The number of aryl methyl sites for hydroxylation is 1. The topological polar surface area (TPSA) is 71.1 Å². The Balaban J connectivity index is 1.73. The minimum absolute atomic E-state index is 0.0985. The molecule has 3 rings (SSSR count). The highest BCUT2D eigenvalue weighted by molar-refractivity contribution is 7.15. The maximum Gasteiger partial charge on any atom is 0.243 e. The van der Waals surface area contributed by atoms with Crippen molar-refractivity contribution in [3.8, 4) is 10.6 Å². The lowest BCUT2D eigenvalue weighted by atomic mass is 9.97. The largest absolute Gasteiger partial charge is 0.347 e. The second kappa shape index (κ2) is 8.65. The van der Waals surface area contributed by atoms with Crippen LogP contribution in [-0.2, 0) is 9.59 Å². The summed E-state index contributed by atoms with van der Waals surface area (Å²) in [7, 11) is 0. The lowest BCUT2D eigenvalue weighted by Crippen LogP contribution is -2.50. The summed E-state index contributed by atoms with van der Waals surface area (Å²) in [6.45, 7) is 5.42. The van der Waals surface area contributed by atoms with E-state index in [1.807, 2.05) is 44.2 Å². The van der Waals surface area contributed by atoms with Crippen molar-refractivity contribution in [3.63, 3.8) is 0 Å². The maximum atomic E-state index is 12.9. The van der Waals surface area contributed by atoms with E-state index in [0.29, 0.717) is 0 Å². The first-order valence-corrected chi connectivity index (χ1v) is 10.4. The number of nitrogens with zero attached hydrogens (tertiary/aromatic N) is 1. The second-order valence-electron chi connectivity index (χ2n) is 7.29. The molecule has 144 valence electrons. The van der Waals surface area contributed by atoms with E-state index in [1.165, 1.54) is 6.92 Å². The molecule has 1 heterocycles. The fourth-order valence-electron chi connectivity index (χ4n) is 3.79. The van der Waals surface area contributed by atoms with Gasteiger partial charge in [0, 0.05) is 12.5 Å². The van der Waals surface area contributed by atoms with Crippen molar-refractivity contribution in [3.05, 3.63) is 40.9 Å². The van der Waals surface area contributed by atoms with E-state index in [4.69, 9.17) is 0 Å². The third-order valence-corrected chi connectivity index (χ3v) is 6.51. The average molecular weight is 386 g/mol. The Hall–Kier alpha value is -2.21. The molecular formula is C21H27N3O2S. The van der Waals surface area contributed by atoms with E-state index in [9.17, 15) is 9.59 Å². The van der Waals surface area contributed by atoms with Gasteiger partial charge in [0.2, 0.25) is 11.8 Å². The van der Waals surface area contributed by atoms with Crippen LogP contribution in [-0.4, -0.2) is 22.8 Å². The van der Waals surface area contributed by atoms with Crippen LogP contribution in [0.5, 0.6) is 0 Å². The average Bonchev–Trinajstić information content (AvgIpc) is 3.30. The summed E-state index contributed by atoms with van der Waals surface area (Å²) >= 11 is 1.61. The molecule has 5 nitrogen and oxygen atoms in total. The first-order chi connectivity index (χ1) is 13.0. The number of amides is 2. The quantitative estimate of drug-likeness (QED) is 0.790. The summed E-state index contributed by atoms with van der Waals surface area (Å²) in [5.41, 5.74) is 2.01. The normalized spacial score (nSPS) is 16.7. The Morgan fingerprint density at radius 3 is 2.44 bits per heavy atom. The van der Waals surface area contributed by atoms with Gasteiger partial charge in [-0.2, -0.15) is 0 Å². The predicted molar refractivity (Wildman–Crippen MR) is 108 cm³/mol. The minimum atomic E-state index is -0.450. The van der Waals surface area contributed by atoms with Gasteiger partial charge in [0.15, 0.2) is 0 Å². The van der Waals surface area contributed by atoms with Crippen LogP contribution in [0.15, 0.2) is 30.3 Å². The highest BCUT2D eigenvalue weighted by atomic mass is 32.1. The Labute approximate surface area is 164 Å². The van der Waals surface area contributed by atoms with Gasteiger partial charge in [0.25, 0.3) is 0 Å². The van der Waals surface area contributed by atoms with Crippen LogP contribution in [0.25, 0.3) is 10.6 Å². The molecule has 1 fully saturated rings. The highest BCUT2D eigenvalue weighted by Gasteiger charge is 2.32. The number of aromatic nitrogens is 1. The van der Waals surface area contributed by atoms with Crippen LogP contribution in [0, 0.1) is 12.8 Å². The van der Waals surface area contributed by atoms with Gasteiger partial charge >= 0.3 is 0 Å². The molecule has 6 heteroatoms. The highest BCUT2D eigenvalue weighted by Crippen LogP contribution is 2.32. The van der Waals surface area contributed by atoms with Crippen LogP contribution in [0.2, 0.25) is 0 Å². The third-order valence-electron chi connectivity index (χ3n) is 5.12. The number of hydrogen-bond acceptors (Lipinski definition) is 4.